The Morgan fingerprint density at radius 3 is 2.11 bits per heavy atom. The summed E-state index contributed by atoms with van der Waals surface area (Å²) in [5, 5.41) is 0. The van der Waals surface area contributed by atoms with Crippen LogP contribution >= 0.6 is 0 Å². The van der Waals surface area contributed by atoms with Crippen LogP contribution in [0.3, 0.4) is 0 Å². The number of aryl methyl sites for hydroxylation is 1. The number of carbonyl (C=O) groups is 2. The van der Waals surface area contributed by atoms with Crippen molar-refractivity contribution in [2.24, 2.45) is 5.92 Å². The maximum absolute atomic E-state index is 13.3. The van der Waals surface area contributed by atoms with E-state index in [1.165, 1.54) is 5.56 Å². The molecular formula is C28H34N2O5S. The second-order valence-corrected chi connectivity index (χ2v) is 11.2. The van der Waals surface area contributed by atoms with E-state index >= 15 is 0 Å². The topological polar surface area (TPSA) is 84.0 Å². The van der Waals surface area contributed by atoms with Crippen molar-refractivity contribution in [3.8, 4) is 11.1 Å². The lowest BCUT2D eigenvalue weighted by molar-refractivity contribution is 0.102. The quantitative estimate of drug-likeness (QED) is 0.310. The van der Waals surface area contributed by atoms with Crippen LogP contribution in [0.2, 0.25) is 0 Å². The number of carbonyl (C=O) groups excluding carboxylic acids is 2. The number of urea groups is 1. The van der Waals surface area contributed by atoms with Gasteiger partial charge in [0.15, 0.2) is 5.78 Å². The maximum Gasteiger partial charge on any atom is 0.320 e. The van der Waals surface area contributed by atoms with Gasteiger partial charge < -0.3 is 9.80 Å². The van der Waals surface area contributed by atoms with Crippen molar-refractivity contribution in [2.45, 2.75) is 39.2 Å². The van der Waals surface area contributed by atoms with E-state index in [0.717, 1.165) is 35.8 Å². The van der Waals surface area contributed by atoms with Crippen molar-refractivity contribution >= 4 is 21.9 Å². The lowest BCUT2D eigenvalue weighted by Crippen LogP contribution is -2.41. The molecule has 0 N–H and O–H groups in total. The molecule has 2 aromatic carbocycles. The van der Waals surface area contributed by atoms with Gasteiger partial charge in [0.05, 0.1) is 18.9 Å². The monoisotopic (exact) mass is 510 g/mol. The molecule has 2 atom stereocenters. The Bertz CT molecular complexity index is 1240. The molecule has 36 heavy (non-hydrogen) atoms. The summed E-state index contributed by atoms with van der Waals surface area (Å²) >= 11 is 0. The highest BCUT2D eigenvalue weighted by molar-refractivity contribution is 7.86. The normalized spacial score (nSPS) is 20.7. The van der Waals surface area contributed by atoms with Crippen molar-refractivity contribution in [2.75, 3.05) is 32.4 Å². The minimum absolute atomic E-state index is 0.00697. The van der Waals surface area contributed by atoms with Crippen LogP contribution < -0.4 is 0 Å². The van der Waals surface area contributed by atoms with Gasteiger partial charge in [-0.2, -0.15) is 8.42 Å². The van der Waals surface area contributed by atoms with Gasteiger partial charge in [0.25, 0.3) is 10.1 Å². The van der Waals surface area contributed by atoms with Crippen LogP contribution in [0.5, 0.6) is 0 Å². The molecule has 0 spiro atoms. The third kappa shape index (κ3) is 6.05. The van der Waals surface area contributed by atoms with Gasteiger partial charge in [0, 0.05) is 36.7 Å². The number of hydrogen-bond donors (Lipinski definition) is 0. The molecule has 192 valence electrons. The number of rotatable bonds is 7. The first-order valence-electron chi connectivity index (χ1n) is 12.5. The molecule has 0 bridgehead atoms. The third-order valence-electron chi connectivity index (χ3n) is 7.04. The summed E-state index contributed by atoms with van der Waals surface area (Å²) in [7, 11) is -3.55. The Morgan fingerprint density at radius 1 is 0.944 bits per heavy atom. The van der Waals surface area contributed by atoms with E-state index in [0.29, 0.717) is 31.6 Å². The van der Waals surface area contributed by atoms with Crippen LogP contribution in [-0.4, -0.2) is 68.6 Å². The molecule has 7 nitrogen and oxygen atoms in total. The van der Waals surface area contributed by atoms with E-state index in [1.807, 2.05) is 37.3 Å². The van der Waals surface area contributed by atoms with Crippen LogP contribution in [0.1, 0.15) is 42.6 Å². The number of allylic oxidation sites excluding steroid dienone is 1. The highest BCUT2D eigenvalue weighted by atomic mass is 32.2. The summed E-state index contributed by atoms with van der Waals surface area (Å²) in [6, 6.07) is 16.0. The second kappa shape index (κ2) is 11.0. The first-order chi connectivity index (χ1) is 17.2. The number of Topliss-reactive ketones (excluding diaryl/α,β-unsaturated/α-hetero) is 1. The van der Waals surface area contributed by atoms with Gasteiger partial charge in [-0.15, -0.1) is 0 Å². The highest BCUT2D eigenvalue weighted by Gasteiger charge is 2.36. The number of likely N-dealkylation sites (tertiary alicyclic amines) is 2. The Hall–Kier alpha value is -2.97. The summed E-state index contributed by atoms with van der Waals surface area (Å²) in [6.07, 6.45) is 4.60. The Morgan fingerprint density at radius 2 is 1.53 bits per heavy atom. The van der Waals surface area contributed by atoms with Crippen molar-refractivity contribution in [3.63, 3.8) is 0 Å². The molecular weight excluding hydrogens is 476 g/mol. The van der Waals surface area contributed by atoms with Crippen molar-refractivity contribution in [1.29, 1.82) is 0 Å². The molecule has 2 saturated heterocycles. The average Bonchev–Trinajstić information content (AvgIpc) is 3.53. The smallest absolute Gasteiger partial charge is 0.320 e. The summed E-state index contributed by atoms with van der Waals surface area (Å²) in [6.45, 7) is 5.76. The summed E-state index contributed by atoms with van der Waals surface area (Å²) in [5.74, 6) is -0.0362. The largest absolute Gasteiger partial charge is 0.324 e. The zero-order chi connectivity index (χ0) is 25.9. The van der Waals surface area contributed by atoms with Gasteiger partial charge in [-0.1, -0.05) is 61.5 Å². The number of amides is 2. The van der Waals surface area contributed by atoms with E-state index in [9.17, 15) is 18.0 Å². The minimum Gasteiger partial charge on any atom is -0.324 e. The SMILES string of the molecule is C/C=C(/C(=O)c1ccc(-c2ccc(CC)cc2)cc1)C1CCN(C(=O)N2CC[C@H](OS(C)(=O)=O)C2)C1. The zero-order valence-corrected chi connectivity index (χ0v) is 22.0. The molecule has 0 saturated carbocycles. The van der Waals surface area contributed by atoms with E-state index < -0.39 is 16.2 Å². The lowest BCUT2D eigenvalue weighted by Gasteiger charge is -2.24. The van der Waals surface area contributed by atoms with Gasteiger partial charge in [0.2, 0.25) is 0 Å². The van der Waals surface area contributed by atoms with Crippen molar-refractivity contribution in [1.82, 2.24) is 9.80 Å². The summed E-state index contributed by atoms with van der Waals surface area (Å²) < 4.78 is 27.8. The molecule has 2 aliphatic heterocycles. The second-order valence-electron chi connectivity index (χ2n) is 9.57. The number of benzene rings is 2. The first-order valence-corrected chi connectivity index (χ1v) is 14.3. The molecule has 4 rings (SSSR count). The molecule has 0 radical (unpaired) electrons. The van der Waals surface area contributed by atoms with Gasteiger partial charge in [-0.3, -0.25) is 8.98 Å². The zero-order valence-electron chi connectivity index (χ0n) is 21.1. The van der Waals surface area contributed by atoms with Crippen LogP contribution in [0, 0.1) is 5.92 Å². The van der Waals surface area contributed by atoms with Crippen molar-refractivity contribution in [3.05, 3.63) is 71.3 Å². The standard InChI is InChI=1S/C28H34N2O5S/c1-4-20-6-8-21(9-7-20)22-10-12-23(13-11-22)27(31)26(5-2)24-14-16-29(18-24)28(32)30-17-15-25(19-30)35-36(3,33)34/h5-13,24-25H,4,14-19H2,1-3H3/b26-5+/t24?,25-/m0/s1. The molecule has 2 aliphatic rings. The average molecular weight is 511 g/mol. The van der Waals surface area contributed by atoms with Gasteiger partial charge in [-0.25, -0.2) is 4.79 Å². The Kier molecular flexibility index (Phi) is 7.95. The Labute approximate surface area is 213 Å². The fraction of sp³-hybridized carbons (Fsp3) is 0.429. The first kappa shape index (κ1) is 26.1. The fourth-order valence-corrected chi connectivity index (χ4v) is 5.73. The third-order valence-corrected chi connectivity index (χ3v) is 7.66. The van der Waals surface area contributed by atoms with E-state index in [2.05, 4.69) is 31.2 Å². The van der Waals surface area contributed by atoms with Crippen LogP contribution in [-0.2, 0) is 20.7 Å². The van der Waals surface area contributed by atoms with E-state index in [1.54, 1.807) is 9.80 Å². The number of ketones is 1. The summed E-state index contributed by atoms with van der Waals surface area (Å²) in [4.78, 5) is 29.8. The van der Waals surface area contributed by atoms with Crippen LogP contribution in [0.25, 0.3) is 11.1 Å². The lowest BCUT2D eigenvalue weighted by atomic mass is 9.90. The van der Waals surface area contributed by atoms with Crippen LogP contribution in [0.4, 0.5) is 4.79 Å². The molecule has 2 amide bonds. The Balaban J connectivity index is 1.37. The summed E-state index contributed by atoms with van der Waals surface area (Å²) in [5.41, 5.74) is 4.84. The molecule has 1 unspecified atom stereocenters. The van der Waals surface area contributed by atoms with Gasteiger partial charge in [0.1, 0.15) is 0 Å². The minimum atomic E-state index is -3.55. The predicted octanol–water partition coefficient (Wildman–Crippen LogP) is 4.54. The maximum atomic E-state index is 13.3. The molecule has 2 aromatic rings. The van der Waals surface area contributed by atoms with Crippen molar-refractivity contribution < 1.29 is 22.2 Å². The van der Waals surface area contributed by atoms with Crippen LogP contribution in [0.15, 0.2) is 60.2 Å². The molecule has 8 heteroatoms. The number of nitrogens with zero attached hydrogens (tertiary/aromatic N) is 2. The van der Waals surface area contributed by atoms with E-state index in [-0.39, 0.29) is 24.3 Å². The highest BCUT2D eigenvalue weighted by Crippen LogP contribution is 2.29. The van der Waals surface area contributed by atoms with E-state index in [4.69, 9.17) is 4.18 Å². The molecule has 0 aliphatic carbocycles. The van der Waals surface area contributed by atoms with Gasteiger partial charge >= 0.3 is 6.03 Å². The molecule has 2 fully saturated rings. The van der Waals surface area contributed by atoms with Gasteiger partial charge in [-0.05, 0) is 42.9 Å². The number of hydrogen-bond acceptors (Lipinski definition) is 5. The molecule has 2 heterocycles. The molecule has 0 aromatic heterocycles. The fourth-order valence-electron chi connectivity index (χ4n) is 5.08. The predicted molar refractivity (Wildman–Crippen MR) is 140 cm³/mol.